The number of hydrogen-bond acceptors (Lipinski definition) is 6. The zero-order valence-corrected chi connectivity index (χ0v) is 19.4. The number of amides is 1. The fraction of sp³-hybridized carbons (Fsp3) is 0.304. The van der Waals surface area contributed by atoms with Gasteiger partial charge in [-0.1, -0.05) is 25.0 Å². The van der Waals surface area contributed by atoms with Crippen LogP contribution in [-0.2, 0) is 10.0 Å². The van der Waals surface area contributed by atoms with E-state index >= 15 is 0 Å². The fourth-order valence-corrected chi connectivity index (χ4v) is 5.73. The summed E-state index contributed by atoms with van der Waals surface area (Å²) < 4.78 is 33.0. The van der Waals surface area contributed by atoms with Crippen molar-refractivity contribution in [2.24, 2.45) is 0 Å². The quantitative estimate of drug-likeness (QED) is 0.562. The number of ether oxygens (including phenoxy) is 1. The van der Waals surface area contributed by atoms with Gasteiger partial charge in [-0.3, -0.25) is 9.52 Å². The van der Waals surface area contributed by atoms with Gasteiger partial charge in [0.25, 0.3) is 15.9 Å². The molecule has 1 aromatic heterocycles. The topological polar surface area (TPSA) is 88.6 Å². The van der Waals surface area contributed by atoms with Crippen molar-refractivity contribution < 1.29 is 17.9 Å². The maximum Gasteiger partial charge on any atom is 0.263 e. The average molecular weight is 472 g/mol. The molecular formula is C23H25N3O4S2. The fourth-order valence-electron chi connectivity index (χ4n) is 3.94. The summed E-state index contributed by atoms with van der Waals surface area (Å²) in [5.74, 6) is 0.665. The van der Waals surface area contributed by atoms with Crippen LogP contribution < -0.4 is 9.46 Å². The van der Waals surface area contributed by atoms with Gasteiger partial charge in [0.2, 0.25) is 0 Å². The molecule has 0 radical (unpaired) electrons. The number of anilines is 1. The molecule has 0 spiro atoms. The number of benzene rings is 2. The number of nitrogens with one attached hydrogen (secondary N) is 1. The van der Waals surface area contributed by atoms with E-state index in [1.807, 2.05) is 29.2 Å². The molecule has 0 bridgehead atoms. The molecule has 1 N–H and O–H groups in total. The van der Waals surface area contributed by atoms with Crippen molar-refractivity contribution in [3.8, 4) is 5.75 Å². The van der Waals surface area contributed by atoms with Crippen LogP contribution in [0.1, 0.15) is 47.6 Å². The van der Waals surface area contributed by atoms with Crippen LogP contribution in [-0.4, -0.2) is 37.9 Å². The first-order chi connectivity index (χ1) is 15.5. The van der Waals surface area contributed by atoms with E-state index in [4.69, 9.17) is 4.74 Å². The summed E-state index contributed by atoms with van der Waals surface area (Å²) in [6, 6.07) is 13.9. The lowest BCUT2D eigenvalue weighted by Gasteiger charge is -2.31. The molecule has 3 aromatic rings. The molecule has 1 saturated heterocycles. The van der Waals surface area contributed by atoms with Crippen LogP contribution >= 0.6 is 11.3 Å². The van der Waals surface area contributed by atoms with E-state index < -0.39 is 10.0 Å². The number of sulfonamides is 1. The number of nitrogens with zero attached hydrogens (tertiary/aromatic N) is 2. The van der Waals surface area contributed by atoms with E-state index in [0.29, 0.717) is 17.2 Å². The highest BCUT2D eigenvalue weighted by atomic mass is 32.2. The summed E-state index contributed by atoms with van der Waals surface area (Å²) in [4.78, 5) is 19.4. The normalized spacial score (nSPS) is 16.9. The van der Waals surface area contributed by atoms with Gasteiger partial charge < -0.3 is 9.64 Å². The van der Waals surface area contributed by atoms with Gasteiger partial charge in [-0.2, -0.15) is 0 Å². The van der Waals surface area contributed by atoms with Gasteiger partial charge in [-0.05, 0) is 54.8 Å². The Hall–Kier alpha value is -2.91. The summed E-state index contributed by atoms with van der Waals surface area (Å²) in [5.41, 5.74) is 1.51. The standard InChI is InChI=1S/C23H25N3O4S2/c1-30-19-7-5-6-18(16-19)21-8-3-2-4-14-26(21)22(27)17-9-11-20(12-10-17)32(28,29)25-23-24-13-15-31-23/h5-7,9-13,15-16,21H,2-4,8,14H2,1H3,(H,24,25). The third-order valence-corrected chi connectivity index (χ3v) is 7.73. The van der Waals surface area contributed by atoms with Crippen molar-refractivity contribution in [2.45, 2.75) is 36.6 Å². The Morgan fingerprint density at radius 1 is 1.16 bits per heavy atom. The summed E-state index contributed by atoms with van der Waals surface area (Å²) in [7, 11) is -2.13. The molecule has 1 atom stereocenters. The Morgan fingerprint density at radius 2 is 1.97 bits per heavy atom. The highest BCUT2D eigenvalue weighted by molar-refractivity contribution is 7.93. The highest BCUT2D eigenvalue weighted by Crippen LogP contribution is 2.33. The number of aromatic nitrogens is 1. The van der Waals surface area contributed by atoms with Crippen molar-refractivity contribution in [3.05, 3.63) is 71.2 Å². The maximum atomic E-state index is 13.4. The number of methoxy groups -OCH3 is 1. The van der Waals surface area contributed by atoms with Crippen LogP contribution in [0.5, 0.6) is 5.75 Å². The molecule has 9 heteroatoms. The van der Waals surface area contributed by atoms with E-state index in [9.17, 15) is 13.2 Å². The lowest BCUT2D eigenvalue weighted by molar-refractivity contribution is 0.0680. The van der Waals surface area contributed by atoms with Gasteiger partial charge in [-0.15, -0.1) is 11.3 Å². The van der Waals surface area contributed by atoms with Gasteiger partial charge in [0.05, 0.1) is 18.0 Å². The molecule has 1 aliphatic rings. The Kier molecular flexibility index (Phi) is 6.76. The smallest absolute Gasteiger partial charge is 0.263 e. The van der Waals surface area contributed by atoms with Gasteiger partial charge >= 0.3 is 0 Å². The van der Waals surface area contributed by atoms with Gasteiger partial charge in [0.1, 0.15) is 5.75 Å². The number of carbonyl (C=O) groups excluding carboxylic acids is 1. The number of rotatable bonds is 6. The van der Waals surface area contributed by atoms with Crippen LogP contribution in [0.25, 0.3) is 0 Å². The molecule has 0 saturated carbocycles. The van der Waals surface area contributed by atoms with Crippen molar-refractivity contribution in [1.82, 2.24) is 9.88 Å². The summed E-state index contributed by atoms with van der Waals surface area (Å²) >= 11 is 1.20. The molecule has 1 aliphatic heterocycles. The predicted molar refractivity (Wildman–Crippen MR) is 125 cm³/mol. The van der Waals surface area contributed by atoms with Crippen LogP contribution in [0, 0.1) is 0 Å². The Morgan fingerprint density at radius 3 is 2.69 bits per heavy atom. The van der Waals surface area contributed by atoms with Gasteiger partial charge in [0, 0.05) is 23.7 Å². The molecular weight excluding hydrogens is 446 g/mol. The van der Waals surface area contributed by atoms with E-state index in [2.05, 4.69) is 9.71 Å². The molecule has 7 nitrogen and oxygen atoms in total. The zero-order chi connectivity index (χ0) is 22.6. The maximum absolute atomic E-state index is 13.4. The highest BCUT2D eigenvalue weighted by Gasteiger charge is 2.28. The number of hydrogen-bond donors (Lipinski definition) is 1. The Balaban J connectivity index is 1.57. The van der Waals surface area contributed by atoms with Crippen LogP contribution in [0.15, 0.2) is 65.0 Å². The van der Waals surface area contributed by atoms with E-state index in [1.54, 1.807) is 24.6 Å². The Bertz CT molecular complexity index is 1160. The molecule has 2 aromatic carbocycles. The van der Waals surface area contributed by atoms with E-state index in [1.165, 1.54) is 29.7 Å². The van der Waals surface area contributed by atoms with Gasteiger partial charge in [0.15, 0.2) is 5.13 Å². The number of thiazole rings is 1. The molecule has 32 heavy (non-hydrogen) atoms. The SMILES string of the molecule is COc1cccc(C2CCCCCN2C(=O)c2ccc(S(=O)(=O)Nc3nccs3)cc2)c1. The summed E-state index contributed by atoms with van der Waals surface area (Å²) in [5, 5.41) is 2.00. The molecule has 1 amide bonds. The van der Waals surface area contributed by atoms with Gasteiger partial charge in [-0.25, -0.2) is 13.4 Å². The molecule has 4 rings (SSSR count). The van der Waals surface area contributed by atoms with Crippen LogP contribution in [0.2, 0.25) is 0 Å². The monoisotopic (exact) mass is 471 g/mol. The molecule has 0 aliphatic carbocycles. The third kappa shape index (κ3) is 4.94. The number of carbonyl (C=O) groups is 1. The average Bonchev–Trinajstić information content (AvgIpc) is 3.19. The van der Waals surface area contributed by atoms with Crippen LogP contribution in [0.3, 0.4) is 0 Å². The first-order valence-corrected chi connectivity index (χ1v) is 12.8. The lowest BCUT2D eigenvalue weighted by Crippen LogP contribution is -2.34. The molecule has 2 heterocycles. The van der Waals surface area contributed by atoms with Crippen molar-refractivity contribution in [3.63, 3.8) is 0 Å². The van der Waals surface area contributed by atoms with E-state index in [0.717, 1.165) is 37.0 Å². The number of likely N-dealkylation sites (tertiary alicyclic amines) is 1. The first kappa shape index (κ1) is 22.3. The Labute approximate surface area is 192 Å². The summed E-state index contributed by atoms with van der Waals surface area (Å²) in [6.07, 6.45) is 5.47. The minimum atomic E-state index is -3.76. The molecule has 168 valence electrons. The lowest BCUT2D eigenvalue weighted by atomic mass is 9.99. The predicted octanol–water partition coefficient (Wildman–Crippen LogP) is 4.71. The minimum Gasteiger partial charge on any atom is -0.497 e. The second-order valence-corrected chi connectivity index (χ2v) is 10.2. The van der Waals surface area contributed by atoms with E-state index in [-0.39, 0.29) is 16.8 Å². The second-order valence-electron chi connectivity index (χ2n) is 7.61. The molecule has 1 unspecified atom stereocenters. The van der Waals surface area contributed by atoms with Crippen molar-refractivity contribution in [2.75, 3.05) is 18.4 Å². The largest absolute Gasteiger partial charge is 0.497 e. The van der Waals surface area contributed by atoms with Crippen molar-refractivity contribution in [1.29, 1.82) is 0 Å². The first-order valence-electron chi connectivity index (χ1n) is 10.5. The minimum absolute atomic E-state index is 0.0462. The summed E-state index contributed by atoms with van der Waals surface area (Å²) in [6.45, 7) is 0.659. The third-order valence-electron chi connectivity index (χ3n) is 5.56. The van der Waals surface area contributed by atoms with Crippen LogP contribution in [0.4, 0.5) is 5.13 Å². The van der Waals surface area contributed by atoms with Crippen molar-refractivity contribution >= 4 is 32.4 Å². The molecule has 1 fully saturated rings. The second kappa shape index (κ2) is 9.70. The zero-order valence-electron chi connectivity index (χ0n) is 17.7.